The van der Waals surface area contributed by atoms with E-state index in [1.165, 1.54) is 0 Å². The molecule has 70 valence electrons. The Bertz CT molecular complexity index is 183. The molecule has 0 saturated carbocycles. The number of hydrogen-bond acceptors (Lipinski definition) is 2. The lowest BCUT2D eigenvalue weighted by Crippen LogP contribution is -2.40. The number of nitrogens with zero attached hydrogens (tertiary/aromatic N) is 1. The third kappa shape index (κ3) is 2.21. The molecule has 1 amide bonds. The Morgan fingerprint density at radius 1 is 1.58 bits per heavy atom. The zero-order valence-corrected chi connectivity index (χ0v) is 8.35. The van der Waals surface area contributed by atoms with Gasteiger partial charge >= 0.3 is 0 Å². The maximum atomic E-state index is 11.3. The van der Waals surface area contributed by atoms with Gasteiger partial charge in [-0.05, 0) is 12.3 Å². The summed E-state index contributed by atoms with van der Waals surface area (Å²) in [5.74, 6) is 0.220. The molecule has 3 nitrogen and oxygen atoms in total. The van der Waals surface area contributed by atoms with Gasteiger partial charge in [0.05, 0.1) is 12.7 Å². The van der Waals surface area contributed by atoms with Crippen molar-refractivity contribution in [3.05, 3.63) is 0 Å². The molecule has 1 heterocycles. The van der Waals surface area contributed by atoms with Crippen LogP contribution in [-0.2, 0) is 4.79 Å². The van der Waals surface area contributed by atoms with Crippen LogP contribution in [0.1, 0.15) is 27.7 Å². The SMILES string of the molecule is CC1NCC(=O)N1CC(C)(C)C. The van der Waals surface area contributed by atoms with E-state index in [4.69, 9.17) is 0 Å². The third-order valence-corrected chi connectivity index (χ3v) is 1.98. The molecule has 0 radical (unpaired) electrons. The summed E-state index contributed by atoms with van der Waals surface area (Å²) in [6.07, 6.45) is 0.205. The van der Waals surface area contributed by atoms with E-state index in [0.717, 1.165) is 6.54 Å². The Kier molecular flexibility index (Phi) is 2.42. The monoisotopic (exact) mass is 170 g/mol. The van der Waals surface area contributed by atoms with E-state index in [2.05, 4.69) is 26.1 Å². The molecule has 0 bridgehead atoms. The van der Waals surface area contributed by atoms with Crippen molar-refractivity contribution in [3.63, 3.8) is 0 Å². The Morgan fingerprint density at radius 2 is 2.17 bits per heavy atom. The van der Waals surface area contributed by atoms with Gasteiger partial charge < -0.3 is 4.90 Å². The van der Waals surface area contributed by atoms with Crippen molar-refractivity contribution in [1.29, 1.82) is 0 Å². The Hall–Kier alpha value is -0.570. The fourth-order valence-electron chi connectivity index (χ4n) is 1.40. The first kappa shape index (κ1) is 9.52. The van der Waals surface area contributed by atoms with Gasteiger partial charge in [-0.15, -0.1) is 0 Å². The fourth-order valence-corrected chi connectivity index (χ4v) is 1.40. The quantitative estimate of drug-likeness (QED) is 0.631. The van der Waals surface area contributed by atoms with Crippen LogP contribution in [-0.4, -0.2) is 30.1 Å². The average molecular weight is 170 g/mol. The van der Waals surface area contributed by atoms with E-state index in [1.54, 1.807) is 0 Å². The number of hydrogen-bond donors (Lipinski definition) is 1. The molecule has 3 heteroatoms. The molecular formula is C9H18N2O. The minimum atomic E-state index is 0.190. The van der Waals surface area contributed by atoms with Gasteiger partial charge in [0.15, 0.2) is 0 Å². The van der Waals surface area contributed by atoms with Gasteiger partial charge in [0.25, 0.3) is 0 Å². The van der Waals surface area contributed by atoms with Gasteiger partial charge in [-0.25, -0.2) is 0 Å². The van der Waals surface area contributed by atoms with E-state index in [9.17, 15) is 4.79 Å². The standard InChI is InChI=1S/C9H18N2O/c1-7-10-5-8(12)11(7)6-9(2,3)4/h7,10H,5-6H2,1-4H3. The second kappa shape index (κ2) is 3.05. The number of carbonyl (C=O) groups excluding carboxylic acids is 1. The van der Waals surface area contributed by atoms with Crippen LogP contribution in [0.5, 0.6) is 0 Å². The Labute approximate surface area is 74.1 Å². The molecule has 1 aliphatic rings. The molecule has 0 spiro atoms. The summed E-state index contributed by atoms with van der Waals surface area (Å²) in [5.41, 5.74) is 0.190. The van der Waals surface area contributed by atoms with Gasteiger partial charge in [-0.1, -0.05) is 20.8 Å². The van der Waals surface area contributed by atoms with E-state index < -0.39 is 0 Å². The van der Waals surface area contributed by atoms with Crippen LogP contribution < -0.4 is 5.32 Å². The summed E-state index contributed by atoms with van der Waals surface area (Å²) in [5, 5.41) is 3.12. The van der Waals surface area contributed by atoms with Crippen molar-refractivity contribution >= 4 is 5.91 Å². The van der Waals surface area contributed by atoms with E-state index >= 15 is 0 Å². The van der Waals surface area contributed by atoms with Gasteiger partial charge in [0, 0.05) is 6.54 Å². The number of rotatable bonds is 1. The third-order valence-electron chi connectivity index (χ3n) is 1.98. The van der Waals surface area contributed by atoms with Crippen molar-refractivity contribution in [2.45, 2.75) is 33.9 Å². The van der Waals surface area contributed by atoms with Crippen LogP contribution in [0, 0.1) is 5.41 Å². The second-order valence-electron chi connectivity index (χ2n) is 4.64. The van der Waals surface area contributed by atoms with Gasteiger partial charge in [0.1, 0.15) is 0 Å². The molecule has 0 aromatic heterocycles. The van der Waals surface area contributed by atoms with Crippen molar-refractivity contribution in [2.24, 2.45) is 5.41 Å². The van der Waals surface area contributed by atoms with Gasteiger partial charge in [-0.2, -0.15) is 0 Å². The molecule has 1 rings (SSSR count). The predicted octanol–water partition coefficient (Wildman–Crippen LogP) is 0.810. The van der Waals surface area contributed by atoms with Crippen LogP contribution in [0.15, 0.2) is 0 Å². The molecule has 1 saturated heterocycles. The first-order valence-corrected chi connectivity index (χ1v) is 4.43. The van der Waals surface area contributed by atoms with Crippen molar-refractivity contribution in [3.8, 4) is 0 Å². The van der Waals surface area contributed by atoms with E-state index in [1.807, 2.05) is 11.8 Å². The topological polar surface area (TPSA) is 32.3 Å². The zero-order valence-electron chi connectivity index (χ0n) is 8.35. The molecule has 0 aromatic carbocycles. The lowest BCUT2D eigenvalue weighted by atomic mass is 9.96. The summed E-state index contributed by atoms with van der Waals surface area (Å²) in [6, 6.07) is 0. The van der Waals surface area contributed by atoms with E-state index in [-0.39, 0.29) is 17.5 Å². The zero-order chi connectivity index (χ0) is 9.35. The first-order chi connectivity index (χ1) is 5.40. The molecular weight excluding hydrogens is 152 g/mol. The summed E-state index contributed by atoms with van der Waals surface area (Å²) in [7, 11) is 0. The Morgan fingerprint density at radius 3 is 2.50 bits per heavy atom. The normalized spacial score (nSPS) is 25.2. The fraction of sp³-hybridized carbons (Fsp3) is 0.889. The van der Waals surface area contributed by atoms with Gasteiger partial charge in [0.2, 0.25) is 5.91 Å². The maximum absolute atomic E-state index is 11.3. The van der Waals surface area contributed by atoms with Crippen LogP contribution in [0.2, 0.25) is 0 Å². The molecule has 1 fully saturated rings. The highest BCUT2D eigenvalue weighted by Crippen LogP contribution is 2.18. The maximum Gasteiger partial charge on any atom is 0.237 e. The predicted molar refractivity (Wildman–Crippen MR) is 48.6 cm³/mol. The molecule has 1 N–H and O–H groups in total. The lowest BCUT2D eigenvalue weighted by molar-refractivity contribution is -0.128. The van der Waals surface area contributed by atoms with E-state index in [0.29, 0.717) is 6.54 Å². The molecule has 0 aliphatic carbocycles. The van der Waals surface area contributed by atoms with Crippen LogP contribution in [0.3, 0.4) is 0 Å². The van der Waals surface area contributed by atoms with Crippen molar-refractivity contribution < 1.29 is 4.79 Å². The number of amides is 1. The highest BCUT2D eigenvalue weighted by Gasteiger charge is 2.29. The van der Waals surface area contributed by atoms with Crippen molar-refractivity contribution in [1.82, 2.24) is 10.2 Å². The minimum absolute atomic E-state index is 0.190. The van der Waals surface area contributed by atoms with Gasteiger partial charge in [-0.3, -0.25) is 10.1 Å². The average Bonchev–Trinajstić information content (AvgIpc) is 2.16. The largest absolute Gasteiger partial charge is 0.326 e. The molecule has 1 aliphatic heterocycles. The van der Waals surface area contributed by atoms with Crippen molar-refractivity contribution in [2.75, 3.05) is 13.1 Å². The highest BCUT2D eigenvalue weighted by atomic mass is 16.2. The summed E-state index contributed by atoms with van der Waals surface area (Å²) >= 11 is 0. The molecule has 12 heavy (non-hydrogen) atoms. The smallest absolute Gasteiger partial charge is 0.237 e. The number of nitrogens with one attached hydrogen (secondary N) is 1. The molecule has 0 aromatic rings. The summed E-state index contributed by atoms with van der Waals surface area (Å²) < 4.78 is 0. The second-order valence-corrected chi connectivity index (χ2v) is 4.64. The first-order valence-electron chi connectivity index (χ1n) is 4.43. The van der Waals surface area contributed by atoms with Crippen LogP contribution in [0.25, 0.3) is 0 Å². The molecule has 1 unspecified atom stereocenters. The number of carbonyl (C=O) groups is 1. The summed E-state index contributed by atoms with van der Waals surface area (Å²) in [4.78, 5) is 13.2. The van der Waals surface area contributed by atoms with Crippen LogP contribution in [0.4, 0.5) is 0 Å². The lowest BCUT2D eigenvalue weighted by Gasteiger charge is -2.29. The summed E-state index contributed by atoms with van der Waals surface area (Å²) in [6.45, 7) is 9.79. The Balaban J connectivity index is 2.56. The highest BCUT2D eigenvalue weighted by molar-refractivity contribution is 5.80. The molecule has 1 atom stereocenters. The minimum Gasteiger partial charge on any atom is -0.326 e. The van der Waals surface area contributed by atoms with Crippen LogP contribution >= 0.6 is 0 Å².